The second kappa shape index (κ2) is 27.7. The van der Waals surface area contributed by atoms with Crippen molar-refractivity contribution in [3.05, 3.63) is 321 Å². The number of fused-ring (bicyclic) bond motifs is 20. The quantitative estimate of drug-likeness (QED) is 0.0676. The number of anilines is 2. The summed E-state index contributed by atoms with van der Waals surface area (Å²) in [7, 11) is 0. The van der Waals surface area contributed by atoms with Crippen LogP contribution < -0.4 is 15.4 Å². The van der Waals surface area contributed by atoms with Crippen molar-refractivity contribution < 1.29 is 14.3 Å². The fourth-order valence-corrected chi connectivity index (χ4v) is 16.7. The molecule has 0 atom stereocenters. The summed E-state index contributed by atoms with van der Waals surface area (Å²) in [5.74, 6) is 0.0853. The molecule has 13 heteroatoms. The van der Waals surface area contributed by atoms with Gasteiger partial charge in [-0.15, -0.1) is 0 Å². The molecule has 3 aliphatic rings. The molecule has 8 N–H and O–H groups in total. The van der Waals surface area contributed by atoms with E-state index in [2.05, 4.69) is 354 Å². The molecule has 568 valence electrons. The molecule has 13 nitrogen and oxygen atoms in total. The third-order valence-electron chi connectivity index (χ3n) is 23.3. The van der Waals surface area contributed by atoms with Crippen molar-refractivity contribution in [2.24, 2.45) is 0 Å². The minimum atomic E-state index is -0.761. The number of amides is 2. The molecule has 0 saturated heterocycles. The summed E-state index contributed by atoms with van der Waals surface area (Å²) in [6.07, 6.45) is 8.38. The van der Waals surface area contributed by atoms with Crippen LogP contribution in [-0.2, 0) is 16.2 Å². The van der Waals surface area contributed by atoms with Gasteiger partial charge in [0.1, 0.15) is 11.5 Å². The predicted molar refractivity (Wildman–Crippen MR) is 480 cm³/mol. The van der Waals surface area contributed by atoms with Gasteiger partial charge in [-0.2, -0.15) is 0 Å². The van der Waals surface area contributed by atoms with Gasteiger partial charge in [-0.25, -0.2) is 9.97 Å². The monoisotopic (exact) mass is 1510 g/mol. The summed E-state index contributed by atoms with van der Waals surface area (Å²) in [6.45, 7) is 25.7. The predicted octanol–water partition coefficient (Wildman–Crippen LogP) is 26.5. The summed E-state index contributed by atoms with van der Waals surface area (Å²) in [4.78, 5) is 64.9. The number of carbonyl (C=O) groups excluding carboxylic acids is 2. The molecular formula is C103H88N10O3. The van der Waals surface area contributed by atoms with E-state index in [1.165, 1.54) is 22.3 Å². The number of ether oxygens (including phenoxy) is 1. The van der Waals surface area contributed by atoms with Crippen LogP contribution in [0.15, 0.2) is 243 Å². The Kier molecular flexibility index (Phi) is 17.2. The lowest BCUT2D eigenvalue weighted by Gasteiger charge is -2.38. The van der Waals surface area contributed by atoms with E-state index in [4.69, 9.17) is 14.7 Å². The van der Waals surface area contributed by atoms with Crippen LogP contribution in [0.25, 0.3) is 157 Å². The first-order valence-electron chi connectivity index (χ1n) is 39.7. The lowest BCUT2D eigenvalue weighted by atomic mass is 9.70. The molecule has 2 amide bonds. The Morgan fingerprint density at radius 1 is 0.302 bits per heavy atom. The van der Waals surface area contributed by atoms with E-state index in [0.717, 1.165) is 178 Å². The van der Waals surface area contributed by atoms with Gasteiger partial charge >= 0.3 is 0 Å². The van der Waals surface area contributed by atoms with Gasteiger partial charge in [0.2, 0.25) is 0 Å². The van der Waals surface area contributed by atoms with Crippen LogP contribution in [0.3, 0.4) is 0 Å². The third-order valence-corrected chi connectivity index (χ3v) is 23.3. The number of hydrogen-bond donors (Lipinski definition) is 8. The average Bonchev–Trinajstić information content (AvgIpc) is 0.761. The van der Waals surface area contributed by atoms with Crippen molar-refractivity contribution in [1.29, 1.82) is 0 Å². The summed E-state index contributed by atoms with van der Waals surface area (Å²) < 4.78 is 7.27. The Balaban J connectivity index is 0.688. The molecule has 8 aromatic carbocycles. The minimum Gasteiger partial charge on any atom is -0.455 e. The van der Waals surface area contributed by atoms with Gasteiger partial charge in [0, 0.05) is 116 Å². The number of hydrogen-bond acceptors (Lipinski definition) is 5. The number of carbonyl (C=O) groups is 2. The highest BCUT2D eigenvalue weighted by Crippen LogP contribution is 2.54. The van der Waals surface area contributed by atoms with Crippen LogP contribution >= 0.6 is 0 Å². The molecule has 16 bridgehead atoms. The van der Waals surface area contributed by atoms with E-state index in [9.17, 15) is 0 Å². The second-order valence-corrected chi connectivity index (χ2v) is 34.0. The lowest BCUT2D eigenvalue weighted by Crippen LogP contribution is -2.30. The lowest BCUT2D eigenvalue weighted by molar-refractivity contribution is 0.101. The van der Waals surface area contributed by atoms with Crippen LogP contribution in [0, 0.1) is 27.7 Å². The van der Waals surface area contributed by atoms with Crippen LogP contribution in [0.2, 0.25) is 0 Å². The molecule has 0 radical (unpaired) electrons. The van der Waals surface area contributed by atoms with Gasteiger partial charge in [-0.05, 0) is 217 Å². The zero-order chi connectivity index (χ0) is 79.8. The number of nitrogens with one attached hydrogen (secondary N) is 8. The van der Waals surface area contributed by atoms with Crippen molar-refractivity contribution in [2.75, 3.05) is 10.6 Å². The van der Waals surface area contributed by atoms with Gasteiger partial charge in [0.05, 0.1) is 44.9 Å². The summed E-state index contributed by atoms with van der Waals surface area (Å²) in [5, 5.41) is 6.65. The molecule has 8 aromatic heterocycles. The van der Waals surface area contributed by atoms with E-state index in [0.29, 0.717) is 34.0 Å². The third kappa shape index (κ3) is 13.0. The van der Waals surface area contributed by atoms with Crippen molar-refractivity contribution in [3.63, 3.8) is 0 Å². The number of aromatic amines is 6. The highest BCUT2D eigenvalue weighted by molar-refractivity contribution is 6.10. The molecule has 3 aliphatic heterocycles. The van der Waals surface area contributed by atoms with Gasteiger partial charge in [0.25, 0.3) is 11.8 Å². The summed E-state index contributed by atoms with van der Waals surface area (Å²) in [5.41, 5.74) is 35.0. The number of aromatic nitrogens is 8. The molecule has 11 heterocycles. The van der Waals surface area contributed by atoms with E-state index in [1.807, 2.05) is 36.4 Å². The van der Waals surface area contributed by atoms with Crippen molar-refractivity contribution >= 4 is 114 Å². The molecule has 0 unspecified atom stereocenters. The van der Waals surface area contributed by atoms with Crippen molar-refractivity contribution in [2.45, 2.75) is 99.3 Å². The Morgan fingerprint density at radius 3 is 0.810 bits per heavy atom. The van der Waals surface area contributed by atoms with Gasteiger partial charge in [-0.3, -0.25) is 9.59 Å². The molecule has 116 heavy (non-hydrogen) atoms. The Labute approximate surface area is 673 Å². The maximum Gasteiger partial charge on any atom is 0.259 e. The van der Waals surface area contributed by atoms with E-state index < -0.39 is 5.41 Å². The highest BCUT2D eigenvalue weighted by atomic mass is 16.5. The minimum absolute atomic E-state index is 0.352. The zero-order valence-electron chi connectivity index (χ0n) is 67.0. The summed E-state index contributed by atoms with van der Waals surface area (Å²) >= 11 is 0. The number of rotatable bonds is 10. The van der Waals surface area contributed by atoms with E-state index in [1.54, 1.807) is 0 Å². The fraction of sp³-hybridized carbons (Fsp3) is 0.146. The van der Waals surface area contributed by atoms with Crippen LogP contribution in [-0.4, -0.2) is 51.7 Å². The largest absolute Gasteiger partial charge is 0.455 e. The maximum atomic E-state index is 15.6. The SMILES string of the molecule is Cc1ccc(-c2c3nc(c4ccc([nH]4)c(-c4ccc(C)cc4)c4ccc([nH]4)c(-c4ccc(NC(=O)c5cc(C(C)(C)C)cc6c5Oc5c(C(=O)Nc7ccc(-c8c9ccc([nH]9)c(-c9ccc(C)cc9)c9nc(c%10ccc([nH]%10)c(-c%10ccc(C)cc%10)c%10ccc8[nH]%10)C=C9)cc7)cc(C(C)(C)C)cc5C6(C)C)cc4)c4ccc2[nH]4)C=C3)cc1. The number of H-pyrrole nitrogens is 6. The number of aryl methyl sites for hydroxylation is 4. The molecule has 16 aromatic rings. The van der Waals surface area contributed by atoms with Crippen LogP contribution in [0.5, 0.6) is 11.5 Å². The van der Waals surface area contributed by atoms with Gasteiger partial charge in [-0.1, -0.05) is 211 Å². The van der Waals surface area contributed by atoms with Crippen LogP contribution in [0.4, 0.5) is 11.4 Å². The first-order chi connectivity index (χ1) is 55.9. The van der Waals surface area contributed by atoms with Gasteiger partial charge < -0.3 is 45.3 Å². The molecule has 0 fully saturated rings. The first kappa shape index (κ1) is 72.2. The van der Waals surface area contributed by atoms with Gasteiger partial charge in [0.15, 0.2) is 0 Å². The molecule has 19 rings (SSSR count). The fourth-order valence-electron chi connectivity index (χ4n) is 16.7. The maximum absolute atomic E-state index is 15.6. The van der Waals surface area contributed by atoms with Crippen LogP contribution in [0.1, 0.15) is 143 Å². The molecule has 0 spiro atoms. The normalized spacial score (nSPS) is 13.0. The Hall–Kier alpha value is -14.0. The van der Waals surface area contributed by atoms with Crippen molar-refractivity contribution in [3.8, 4) is 78.3 Å². The standard InChI is InChI=1S/C103H88N10O3/c1-57-13-21-61(22-14-57)91-79-41-37-75(106-79)76-38-42-80(107-76)92(62-23-15-58(2)16-24-62)84-46-50-88(111-84)95(87-49-45-83(91)110-87)65-29-33-69(34-30-65)104-99(114)71-53-67(101(5,6)7)55-73-97(71)116-98-72(54-68(102(8,9)10)56-74(98)103(73,11)12)100(115)105-70-35-31-66(32-36-70)96-89-51-47-85(112-89)93(63-25-17-59(3)18-26-63)81-43-39-77(108-81)78-40-44-82(109-78)94(86-48-52-90(96)113-86)64-27-19-60(4)20-28-64/h13-56,106,108,110-113H,1-12H3,(H,104,114)(H,105,115). The van der Waals surface area contributed by atoms with E-state index >= 15 is 9.59 Å². The zero-order valence-corrected chi connectivity index (χ0v) is 67.0. The smallest absolute Gasteiger partial charge is 0.259 e. The van der Waals surface area contributed by atoms with E-state index in [-0.39, 0.29) is 22.6 Å². The number of benzene rings is 8. The topological polar surface area (TPSA) is 188 Å². The molecule has 0 aliphatic carbocycles. The summed E-state index contributed by atoms with van der Waals surface area (Å²) in [6, 6.07) is 84.5. The first-order valence-corrected chi connectivity index (χ1v) is 39.7. The molecular weight excluding hydrogens is 1430 g/mol. The average molecular weight is 1510 g/mol. The highest BCUT2D eigenvalue weighted by Gasteiger charge is 2.41. The van der Waals surface area contributed by atoms with Crippen molar-refractivity contribution in [1.82, 2.24) is 39.9 Å². The Morgan fingerprint density at radius 2 is 0.534 bits per heavy atom. The molecule has 0 saturated carbocycles. The number of nitrogens with zero attached hydrogens (tertiary/aromatic N) is 2. The second-order valence-electron chi connectivity index (χ2n) is 34.0. The Bertz CT molecular complexity index is 6630.